The predicted molar refractivity (Wildman–Crippen MR) is 184 cm³/mol. The van der Waals surface area contributed by atoms with Gasteiger partial charge in [-0.05, 0) is 77.1 Å². The third-order valence-corrected chi connectivity index (χ3v) is 10.3. The Morgan fingerprint density at radius 2 is 1.73 bits per heavy atom. The Morgan fingerprint density at radius 1 is 1.00 bits per heavy atom. The fraction of sp³-hybridized carbons (Fsp3) is 0.622. The molecule has 3 saturated heterocycles. The zero-order valence-corrected chi connectivity index (χ0v) is 28.2. The molecule has 8 heteroatoms. The van der Waals surface area contributed by atoms with Crippen LogP contribution in [0.15, 0.2) is 53.3 Å². The first kappa shape index (κ1) is 32.2. The number of hydrogen-bond donors (Lipinski definition) is 1. The molecule has 244 valence electrons. The van der Waals surface area contributed by atoms with E-state index < -0.39 is 0 Å². The van der Waals surface area contributed by atoms with Crippen molar-refractivity contribution in [2.75, 3.05) is 50.7 Å². The van der Waals surface area contributed by atoms with E-state index in [0.717, 1.165) is 100 Å². The summed E-state index contributed by atoms with van der Waals surface area (Å²) in [5.74, 6) is 0.920. The van der Waals surface area contributed by atoms with Crippen LogP contribution in [-0.2, 0) is 17.7 Å². The number of fused-ring (bicyclic) bond motifs is 1. The molecule has 3 aromatic rings. The molecule has 3 aliphatic heterocycles. The molecule has 0 unspecified atom stereocenters. The van der Waals surface area contributed by atoms with E-state index in [1.165, 1.54) is 5.56 Å². The van der Waals surface area contributed by atoms with Crippen molar-refractivity contribution < 1.29 is 4.74 Å². The maximum Gasteiger partial charge on any atom is 0.261 e. The fourth-order valence-electron chi connectivity index (χ4n) is 8.17. The number of likely N-dealkylation sites (tertiary alicyclic amines) is 1. The second kappa shape index (κ2) is 13.9. The molecule has 3 fully saturated rings. The van der Waals surface area contributed by atoms with Gasteiger partial charge in [-0.2, -0.15) is 0 Å². The zero-order chi connectivity index (χ0) is 31.6. The molecule has 45 heavy (non-hydrogen) atoms. The lowest BCUT2D eigenvalue weighted by Crippen LogP contribution is -2.59. The molecule has 6 rings (SSSR count). The van der Waals surface area contributed by atoms with Gasteiger partial charge in [0.05, 0.1) is 28.6 Å². The minimum Gasteiger partial charge on any atom is -0.368 e. The van der Waals surface area contributed by atoms with Crippen LogP contribution in [0.3, 0.4) is 0 Å². The third kappa shape index (κ3) is 7.14. The molecule has 4 atom stereocenters. The first-order valence-corrected chi connectivity index (χ1v) is 17.5. The summed E-state index contributed by atoms with van der Waals surface area (Å²) < 4.78 is 8.65. The van der Waals surface area contributed by atoms with Gasteiger partial charge in [0.1, 0.15) is 5.82 Å². The van der Waals surface area contributed by atoms with Crippen molar-refractivity contribution >= 4 is 16.6 Å². The number of piperazine rings is 1. The Hall–Kier alpha value is -2.78. The monoisotopic (exact) mass is 614 g/mol. The minimum absolute atomic E-state index is 0.0828. The number of aromatic nitrogens is 2. The number of ether oxygens (including phenoxy) is 1. The fourth-order valence-corrected chi connectivity index (χ4v) is 8.17. The van der Waals surface area contributed by atoms with Gasteiger partial charge >= 0.3 is 0 Å². The quantitative estimate of drug-likeness (QED) is 0.354. The normalized spacial score (nSPS) is 25.2. The Balaban J connectivity index is 1.21. The minimum atomic E-state index is -0.146. The molecular formula is C37H54N6O2. The summed E-state index contributed by atoms with van der Waals surface area (Å²) in [7, 11) is 0. The highest BCUT2D eigenvalue weighted by atomic mass is 16.5. The molecule has 8 nitrogen and oxygen atoms in total. The van der Waals surface area contributed by atoms with Gasteiger partial charge in [0, 0.05) is 70.1 Å². The highest BCUT2D eigenvalue weighted by Gasteiger charge is 2.42. The predicted octanol–water partition coefficient (Wildman–Crippen LogP) is 5.24. The van der Waals surface area contributed by atoms with Gasteiger partial charge < -0.3 is 19.9 Å². The summed E-state index contributed by atoms with van der Waals surface area (Å²) in [5.41, 5.74) is 3.25. The topological polar surface area (TPSA) is 65.9 Å². The van der Waals surface area contributed by atoms with Crippen LogP contribution in [0, 0.1) is 0 Å². The zero-order valence-electron chi connectivity index (χ0n) is 28.2. The first-order chi connectivity index (χ1) is 21.8. The van der Waals surface area contributed by atoms with E-state index in [-0.39, 0.29) is 23.3 Å². The Morgan fingerprint density at radius 3 is 2.42 bits per heavy atom. The van der Waals surface area contributed by atoms with Crippen LogP contribution >= 0.6 is 0 Å². The van der Waals surface area contributed by atoms with Crippen molar-refractivity contribution in [1.29, 1.82) is 0 Å². The van der Waals surface area contributed by atoms with Crippen LogP contribution in [-0.4, -0.2) is 89.0 Å². The Kier molecular flexibility index (Phi) is 9.95. The lowest BCUT2D eigenvalue weighted by atomic mass is 9.88. The molecule has 0 saturated carbocycles. The van der Waals surface area contributed by atoms with Gasteiger partial charge in [-0.25, -0.2) is 4.98 Å². The Bertz CT molecular complexity index is 1470. The summed E-state index contributed by atoms with van der Waals surface area (Å²) in [5, 5.41) is 4.38. The number of morpholine rings is 1. The number of nitrogens with one attached hydrogen (secondary N) is 1. The van der Waals surface area contributed by atoms with Gasteiger partial charge in [0.15, 0.2) is 0 Å². The number of nitrogens with zero attached hydrogens (tertiary/aromatic N) is 5. The molecule has 0 bridgehead atoms. The van der Waals surface area contributed by atoms with Crippen molar-refractivity contribution in [2.45, 2.75) is 103 Å². The van der Waals surface area contributed by atoms with Crippen LogP contribution in [0.25, 0.3) is 10.9 Å². The number of piperidine rings is 1. The van der Waals surface area contributed by atoms with E-state index >= 15 is 0 Å². The standard InChI is InChI=1S/C37H54N6O2/c1-6-11-34(41-23-27(3)38-28(4)24-41)35-39-33-15-14-31(22-32(33)36(44)43(35)7-2)42-25-29(5)45-37(26-42)17-20-40(21-18-37)19-16-30-12-9-8-10-13-30/h8-10,12-15,22,27-29,34,38H,6-7,11,16-21,23-26H2,1-5H3/t27-,28+,29-,34-/m0/s1. The first-order valence-electron chi connectivity index (χ1n) is 17.5. The molecule has 0 amide bonds. The third-order valence-electron chi connectivity index (χ3n) is 10.3. The van der Waals surface area contributed by atoms with Gasteiger partial charge in [-0.3, -0.25) is 14.3 Å². The van der Waals surface area contributed by atoms with E-state index in [1.807, 2.05) is 4.57 Å². The van der Waals surface area contributed by atoms with E-state index in [9.17, 15) is 4.79 Å². The van der Waals surface area contributed by atoms with Crippen LogP contribution in [0.5, 0.6) is 0 Å². The SMILES string of the molecule is CCC[C@@H](c1nc2ccc(N3C[C@H](C)OC4(CCN(CCc5ccccc5)CC4)C3)cc2c(=O)n1CC)N1C[C@@H](C)N[C@@H](C)C1. The van der Waals surface area contributed by atoms with E-state index in [2.05, 4.69) is 103 Å². The highest BCUT2D eigenvalue weighted by Crippen LogP contribution is 2.35. The largest absolute Gasteiger partial charge is 0.368 e. The lowest BCUT2D eigenvalue weighted by molar-refractivity contribution is -0.126. The van der Waals surface area contributed by atoms with Crippen molar-refractivity contribution in [3.05, 3.63) is 70.3 Å². The van der Waals surface area contributed by atoms with Crippen LogP contribution in [0.2, 0.25) is 0 Å². The van der Waals surface area contributed by atoms with E-state index in [0.29, 0.717) is 18.6 Å². The summed E-state index contributed by atoms with van der Waals surface area (Å²) in [6.07, 6.45) is 5.34. The molecule has 4 heterocycles. The number of benzene rings is 2. The summed E-state index contributed by atoms with van der Waals surface area (Å²) in [4.78, 5) is 27.0. The van der Waals surface area contributed by atoms with Gasteiger partial charge in [0.25, 0.3) is 5.56 Å². The molecule has 3 aliphatic rings. The number of anilines is 1. The maximum atomic E-state index is 14.1. The summed E-state index contributed by atoms with van der Waals surface area (Å²) >= 11 is 0. The number of rotatable bonds is 9. The average Bonchev–Trinajstić information content (AvgIpc) is 3.03. The van der Waals surface area contributed by atoms with Crippen molar-refractivity contribution in [3.8, 4) is 0 Å². The second-order valence-corrected chi connectivity index (χ2v) is 14.0. The Labute approximate surface area is 269 Å². The summed E-state index contributed by atoms with van der Waals surface area (Å²) in [6.45, 7) is 18.5. The van der Waals surface area contributed by atoms with Crippen LogP contribution < -0.4 is 15.8 Å². The molecule has 1 aromatic heterocycles. The second-order valence-electron chi connectivity index (χ2n) is 14.0. The smallest absolute Gasteiger partial charge is 0.261 e. The summed E-state index contributed by atoms with van der Waals surface area (Å²) in [6, 6.07) is 18.1. The van der Waals surface area contributed by atoms with Crippen molar-refractivity contribution in [1.82, 2.24) is 24.7 Å². The molecule has 1 N–H and O–H groups in total. The maximum absolute atomic E-state index is 14.1. The number of hydrogen-bond acceptors (Lipinski definition) is 7. The molecule has 2 aromatic carbocycles. The average molecular weight is 615 g/mol. The van der Waals surface area contributed by atoms with Crippen LogP contribution in [0.4, 0.5) is 5.69 Å². The van der Waals surface area contributed by atoms with Crippen molar-refractivity contribution in [3.63, 3.8) is 0 Å². The van der Waals surface area contributed by atoms with Crippen LogP contribution in [0.1, 0.15) is 77.7 Å². The molecular weight excluding hydrogens is 560 g/mol. The van der Waals surface area contributed by atoms with Gasteiger partial charge in [0.2, 0.25) is 0 Å². The van der Waals surface area contributed by atoms with Gasteiger partial charge in [-0.15, -0.1) is 0 Å². The molecule has 0 aliphatic carbocycles. The van der Waals surface area contributed by atoms with Crippen molar-refractivity contribution in [2.24, 2.45) is 0 Å². The van der Waals surface area contributed by atoms with E-state index in [1.54, 1.807) is 0 Å². The lowest BCUT2D eigenvalue weighted by Gasteiger charge is -2.50. The van der Waals surface area contributed by atoms with E-state index in [4.69, 9.17) is 9.72 Å². The highest BCUT2D eigenvalue weighted by molar-refractivity contribution is 5.82. The molecule has 1 spiro atoms. The molecule has 0 radical (unpaired) electrons. The van der Waals surface area contributed by atoms with Gasteiger partial charge in [-0.1, -0.05) is 43.7 Å².